The predicted molar refractivity (Wildman–Crippen MR) is 89.9 cm³/mol. The van der Waals surface area contributed by atoms with Crippen LogP contribution in [-0.4, -0.2) is 84.9 Å². The summed E-state index contributed by atoms with van der Waals surface area (Å²) >= 11 is 0. The Morgan fingerprint density at radius 2 is 2.29 bits per heavy atom. The molecule has 0 aliphatic carbocycles. The van der Waals surface area contributed by atoms with Gasteiger partial charge in [-0.2, -0.15) is 0 Å². The molecule has 1 amide bonds. The third-order valence-electron chi connectivity index (χ3n) is 5.00. The zero-order valence-electron chi connectivity index (χ0n) is 14.7. The molecule has 134 valence electrons. The van der Waals surface area contributed by atoms with Crippen molar-refractivity contribution in [1.29, 1.82) is 0 Å². The standard InChI is InChI=1S/C17H28N4O3/c1-19-10-15(18-14-19)16(22)21-5-3-4-17(12-21)11-20(6-8-23-2)7-9-24-13-17/h10,14H,3-9,11-13H2,1-2H3. The third-order valence-corrected chi connectivity index (χ3v) is 5.00. The quantitative estimate of drug-likeness (QED) is 0.807. The van der Waals surface area contributed by atoms with Gasteiger partial charge in [-0.3, -0.25) is 9.69 Å². The number of rotatable bonds is 4. The van der Waals surface area contributed by atoms with E-state index in [2.05, 4.69) is 9.88 Å². The number of nitrogens with zero attached hydrogens (tertiary/aromatic N) is 4. The summed E-state index contributed by atoms with van der Waals surface area (Å²) in [5, 5.41) is 0. The second-order valence-corrected chi connectivity index (χ2v) is 7.08. The van der Waals surface area contributed by atoms with Crippen LogP contribution in [0.2, 0.25) is 0 Å². The molecule has 3 rings (SSSR count). The van der Waals surface area contributed by atoms with Crippen molar-refractivity contribution in [3.05, 3.63) is 18.2 Å². The van der Waals surface area contributed by atoms with Crippen molar-refractivity contribution in [2.24, 2.45) is 12.5 Å². The van der Waals surface area contributed by atoms with E-state index in [-0.39, 0.29) is 11.3 Å². The van der Waals surface area contributed by atoms with Crippen LogP contribution in [0, 0.1) is 5.41 Å². The first-order valence-corrected chi connectivity index (χ1v) is 8.68. The van der Waals surface area contributed by atoms with Gasteiger partial charge in [0.2, 0.25) is 0 Å². The van der Waals surface area contributed by atoms with Crippen LogP contribution in [-0.2, 0) is 16.5 Å². The number of likely N-dealkylation sites (tertiary alicyclic amines) is 1. The van der Waals surface area contributed by atoms with Crippen LogP contribution in [0.25, 0.3) is 0 Å². The van der Waals surface area contributed by atoms with Gasteiger partial charge in [0.25, 0.3) is 5.91 Å². The van der Waals surface area contributed by atoms with Crippen molar-refractivity contribution in [1.82, 2.24) is 19.4 Å². The van der Waals surface area contributed by atoms with Crippen LogP contribution < -0.4 is 0 Å². The molecule has 7 heteroatoms. The van der Waals surface area contributed by atoms with E-state index in [1.807, 2.05) is 16.5 Å². The van der Waals surface area contributed by atoms with Crippen molar-refractivity contribution >= 4 is 5.91 Å². The van der Waals surface area contributed by atoms with E-state index in [1.165, 1.54) is 0 Å². The Hall–Kier alpha value is -1.44. The molecule has 2 aliphatic heterocycles. The molecular weight excluding hydrogens is 308 g/mol. The Morgan fingerprint density at radius 3 is 3.04 bits per heavy atom. The van der Waals surface area contributed by atoms with Gasteiger partial charge in [0.1, 0.15) is 5.69 Å². The van der Waals surface area contributed by atoms with Gasteiger partial charge in [-0.05, 0) is 12.8 Å². The molecule has 2 aliphatic rings. The lowest BCUT2D eigenvalue weighted by atomic mass is 9.80. The highest BCUT2D eigenvalue weighted by atomic mass is 16.5. The average molecular weight is 336 g/mol. The van der Waals surface area contributed by atoms with E-state index in [9.17, 15) is 4.79 Å². The van der Waals surface area contributed by atoms with E-state index in [0.29, 0.717) is 5.69 Å². The highest BCUT2D eigenvalue weighted by molar-refractivity contribution is 5.92. The van der Waals surface area contributed by atoms with Crippen molar-refractivity contribution in [2.75, 3.05) is 59.7 Å². The van der Waals surface area contributed by atoms with Crippen LogP contribution >= 0.6 is 0 Å². The average Bonchev–Trinajstić information content (AvgIpc) is 2.92. The molecule has 1 spiro atoms. The molecule has 1 unspecified atom stereocenters. The number of imidazole rings is 1. The van der Waals surface area contributed by atoms with Gasteiger partial charge < -0.3 is 18.9 Å². The first-order chi connectivity index (χ1) is 11.6. The monoisotopic (exact) mass is 336 g/mol. The summed E-state index contributed by atoms with van der Waals surface area (Å²) in [5.41, 5.74) is 0.549. The van der Waals surface area contributed by atoms with E-state index >= 15 is 0 Å². The molecular formula is C17H28N4O3. The Balaban J connectivity index is 1.69. The highest BCUT2D eigenvalue weighted by Gasteiger charge is 2.40. The number of hydrogen-bond acceptors (Lipinski definition) is 5. The first-order valence-electron chi connectivity index (χ1n) is 8.68. The topological polar surface area (TPSA) is 59.8 Å². The number of amides is 1. The summed E-state index contributed by atoms with van der Waals surface area (Å²) in [7, 11) is 3.62. The van der Waals surface area contributed by atoms with Crippen molar-refractivity contribution in [2.45, 2.75) is 12.8 Å². The summed E-state index contributed by atoms with van der Waals surface area (Å²) in [6, 6.07) is 0. The minimum atomic E-state index is 0.0208. The van der Waals surface area contributed by atoms with Gasteiger partial charge >= 0.3 is 0 Å². The molecule has 0 bridgehead atoms. The molecule has 1 aromatic heterocycles. The second kappa shape index (κ2) is 7.63. The van der Waals surface area contributed by atoms with Crippen molar-refractivity contribution in [3.8, 4) is 0 Å². The van der Waals surface area contributed by atoms with Gasteiger partial charge in [0.15, 0.2) is 0 Å². The fraction of sp³-hybridized carbons (Fsp3) is 0.765. The predicted octanol–water partition coefficient (Wildman–Crippen LogP) is 0.621. The SMILES string of the molecule is COCCN1CCOCC2(CCCN(C(=O)c3cn(C)cn3)C2)C1. The molecule has 0 saturated carbocycles. The molecule has 1 atom stereocenters. The normalized spacial score (nSPS) is 25.8. The zero-order valence-corrected chi connectivity index (χ0v) is 14.7. The van der Waals surface area contributed by atoms with Crippen LogP contribution in [0.1, 0.15) is 23.3 Å². The Labute approximate surface area is 143 Å². The second-order valence-electron chi connectivity index (χ2n) is 7.08. The highest BCUT2D eigenvalue weighted by Crippen LogP contribution is 2.33. The summed E-state index contributed by atoms with van der Waals surface area (Å²) < 4.78 is 12.9. The lowest BCUT2D eigenvalue weighted by Crippen LogP contribution is -2.52. The Bertz CT molecular complexity index is 562. The lowest BCUT2D eigenvalue weighted by molar-refractivity contribution is 0.00599. The van der Waals surface area contributed by atoms with E-state index < -0.39 is 0 Å². The molecule has 0 N–H and O–H groups in total. The van der Waals surface area contributed by atoms with Crippen LogP contribution in [0.3, 0.4) is 0 Å². The number of carbonyl (C=O) groups excluding carboxylic acids is 1. The third kappa shape index (κ3) is 3.96. The number of aryl methyl sites for hydroxylation is 1. The fourth-order valence-electron chi connectivity index (χ4n) is 3.81. The number of methoxy groups -OCH3 is 1. The van der Waals surface area contributed by atoms with Crippen molar-refractivity contribution in [3.63, 3.8) is 0 Å². The number of carbonyl (C=O) groups is 1. The number of aromatic nitrogens is 2. The molecule has 0 radical (unpaired) electrons. The number of piperidine rings is 1. The Kier molecular flexibility index (Phi) is 5.53. The van der Waals surface area contributed by atoms with Crippen molar-refractivity contribution < 1.29 is 14.3 Å². The minimum Gasteiger partial charge on any atom is -0.383 e. The summed E-state index contributed by atoms with van der Waals surface area (Å²) in [6.07, 6.45) is 5.58. The summed E-state index contributed by atoms with van der Waals surface area (Å²) in [5.74, 6) is 0.0300. The van der Waals surface area contributed by atoms with Crippen LogP contribution in [0.5, 0.6) is 0 Å². The molecule has 24 heavy (non-hydrogen) atoms. The van der Waals surface area contributed by atoms with Crippen LogP contribution in [0.15, 0.2) is 12.5 Å². The van der Waals surface area contributed by atoms with Gasteiger partial charge in [0.05, 0.1) is 26.1 Å². The van der Waals surface area contributed by atoms with Crippen LogP contribution in [0.4, 0.5) is 0 Å². The van der Waals surface area contributed by atoms with E-state index in [4.69, 9.17) is 9.47 Å². The van der Waals surface area contributed by atoms with Gasteiger partial charge in [0, 0.05) is 58.5 Å². The Morgan fingerprint density at radius 1 is 1.42 bits per heavy atom. The van der Waals surface area contributed by atoms with Gasteiger partial charge in [-0.25, -0.2) is 4.98 Å². The summed E-state index contributed by atoms with van der Waals surface area (Å²) in [4.78, 5) is 21.3. The van der Waals surface area contributed by atoms with E-state index in [0.717, 1.165) is 65.4 Å². The molecule has 1 aromatic rings. The number of hydrogen-bond donors (Lipinski definition) is 0. The maximum Gasteiger partial charge on any atom is 0.274 e. The van der Waals surface area contributed by atoms with Gasteiger partial charge in [-0.1, -0.05) is 0 Å². The largest absolute Gasteiger partial charge is 0.383 e. The maximum atomic E-state index is 12.8. The first kappa shape index (κ1) is 17.4. The molecule has 0 aromatic carbocycles. The molecule has 7 nitrogen and oxygen atoms in total. The molecule has 3 heterocycles. The number of ether oxygens (including phenoxy) is 2. The van der Waals surface area contributed by atoms with Gasteiger partial charge in [-0.15, -0.1) is 0 Å². The lowest BCUT2D eigenvalue weighted by Gasteiger charge is -2.43. The molecule has 2 fully saturated rings. The smallest absolute Gasteiger partial charge is 0.274 e. The fourth-order valence-corrected chi connectivity index (χ4v) is 3.81. The minimum absolute atomic E-state index is 0.0208. The maximum absolute atomic E-state index is 12.8. The molecule has 2 saturated heterocycles. The van der Waals surface area contributed by atoms with E-state index in [1.54, 1.807) is 19.6 Å². The zero-order chi connectivity index (χ0) is 17.0. The summed E-state index contributed by atoms with van der Waals surface area (Å²) in [6.45, 7) is 6.55.